The lowest BCUT2D eigenvalue weighted by Crippen LogP contribution is -2.23. The van der Waals surface area contributed by atoms with Crippen molar-refractivity contribution in [3.05, 3.63) is 36.0 Å². The van der Waals surface area contributed by atoms with Gasteiger partial charge in [0, 0.05) is 45.0 Å². The molecule has 0 aliphatic carbocycles. The van der Waals surface area contributed by atoms with E-state index in [1.54, 1.807) is 0 Å². The molecular formula is C18H25N3O2S. The minimum atomic E-state index is -2.90. The van der Waals surface area contributed by atoms with E-state index in [9.17, 15) is 8.42 Å². The molecule has 1 aromatic heterocycles. The van der Waals surface area contributed by atoms with Gasteiger partial charge in [-0.1, -0.05) is 24.3 Å². The average Bonchev–Trinajstić information content (AvgIpc) is 2.92. The number of rotatable bonds is 5. The minimum Gasteiger partial charge on any atom is -0.362 e. The first-order chi connectivity index (χ1) is 11.3. The van der Waals surface area contributed by atoms with E-state index in [0.717, 1.165) is 37.3 Å². The largest absolute Gasteiger partial charge is 0.362 e. The summed E-state index contributed by atoms with van der Waals surface area (Å²) >= 11 is 0. The second-order valence-corrected chi connectivity index (χ2v) is 9.21. The number of aromatic nitrogens is 1. The molecule has 24 heavy (non-hydrogen) atoms. The van der Waals surface area contributed by atoms with Gasteiger partial charge in [0.25, 0.3) is 0 Å². The Balaban J connectivity index is 1.81. The molecule has 5 nitrogen and oxygen atoms in total. The van der Waals surface area contributed by atoms with Crippen molar-refractivity contribution in [1.82, 2.24) is 9.88 Å². The molecule has 3 rings (SSSR count). The Morgan fingerprint density at radius 3 is 2.62 bits per heavy atom. The fourth-order valence-corrected chi connectivity index (χ4v) is 4.71. The lowest BCUT2D eigenvalue weighted by molar-refractivity contribution is 0.321. The van der Waals surface area contributed by atoms with Gasteiger partial charge in [-0.3, -0.25) is 4.90 Å². The molecule has 0 saturated carbocycles. The number of benzene rings is 1. The number of likely N-dealkylation sites (tertiary alicyclic amines) is 1. The molecule has 1 atom stereocenters. The van der Waals surface area contributed by atoms with Crippen molar-refractivity contribution in [2.24, 2.45) is 5.92 Å². The summed E-state index contributed by atoms with van der Waals surface area (Å²) < 4.78 is 23.0. The van der Waals surface area contributed by atoms with E-state index in [2.05, 4.69) is 28.1 Å². The van der Waals surface area contributed by atoms with E-state index in [1.165, 1.54) is 17.2 Å². The van der Waals surface area contributed by atoms with Crippen molar-refractivity contribution in [3.63, 3.8) is 0 Å². The third-order valence-electron chi connectivity index (χ3n) is 4.58. The average molecular weight is 347 g/mol. The predicted octanol–water partition coefficient (Wildman–Crippen LogP) is 2.17. The lowest BCUT2D eigenvalue weighted by Gasteiger charge is -2.20. The molecule has 1 aromatic carbocycles. The van der Waals surface area contributed by atoms with Crippen LogP contribution in [0.3, 0.4) is 0 Å². The molecule has 2 aromatic rings. The normalized spacial score (nSPS) is 19.0. The number of nitrogens with zero attached hydrogens (tertiary/aromatic N) is 3. The Morgan fingerprint density at radius 2 is 1.96 bits per heavy atom. The van der Waals surface area contributed by atoms with E-state index in [1.807, 2.05) is 31.3 Å². The van der Waals surface area contributed by atoms with E-state index in [0.29, 0.717) is 5.75 Å². The number of hydrogen-bond acceptors (Lipinski definition) is 5. The van der Waals surface area contributed by atoms with Crippen LogP contribution in [-0.2, 0) is 16.4 Å². The van der Waals surface area contributed by atoms with Crippen LogP contribution < -0.4 is 4.90 Å². The van der Waals surface area contributed by atoms with Crippen LogP contribution in [0.1, 0.15) is 12.0 Å². The number of hydrogen-bond donors (Lipinski definition) is 0. The molecule has 0 bridgehead atoms. The molecule has 6 heteroatoms. The van der Waals surface area contributed by atoms with Crippen LogP contribution in [0.5, 0.6) is 0 Å². The standard InChI is InChI=1S/C18H25N3O2S/c1-20(2)18-17-7-5-4-6-16(17)15(10-19-18)12-21-9-8-14(11-21)13-24(3,22)23/h4-7,10,14H,8-9,11-13H2,1-3H3. The number of pyridine rings is 1. The van der Waals surface area contributed by atoms with Crippen molar-refractivity contribution >= 4 is 26.4 Å². The maximum atomic E-state index is 11.5. The van der Waals surface area contributed by atoms with E-state index in [-0.39, 0.29) is 5.92 Å². The molecule has 0 amide bonds. The fourth-order valence-electron chi connectivity index (χ4n) is 3.58. The van der Waals surface area contributed by atoms with Gasteiger partial charge >= 0.3 is 0 Å². The molecule has 1 unspecified atom stereocenters. The molecule has 1 fully saturated rings. The highest BCUT2D eigenvalue weighted by atomic mass is 32.2. The summed E-state index contributed by atoms with van der Waals surface area (Å²) in [6, 6.07) is 8.35. The van der Waals surface area contributed by atoms with Gasteiger partial charge in [0.05, 0.1) is 5.75 Å². The quantitative estimate of drug-likeness (QED) is 0.830. The molecule has 1 aliphatic rings. The Morgan fingerprint density at radius 1 is 1.25 bits per heavy atom. The van der Waals surface area contributed by atoms with Crippen LogP contribution in [0.25, 0.3) is 10.8 Å². The Kier molecular flexibility index (Phi) is 4.78. The highest BCUT2D eigenvalue weighted by Gasteiger charge is 2.26. The zero-order valence-electron chi connectivity index (χ0n) is 14.6. The van der Waals surface area contributed by atoms with Crippen molar-refractivity contribution in [1.29, 1.82) is 0 Å². The van der Waals surface area contributed by atoms with Crippen LogP contribution in [0.15, 0.2) is 30.5 Å². The monoisotopic (exact) mass is 347 g/mol. The van der Waals surface area contributed by atoms with Crippen LogP contribution in [-0.4, -0.2) is 57.5 Å². The Bertz CT molecular complexity index is 833. The van der Waals surface area contributed by atoms with Crippen molar-refractivity contribution in [3.8, 4) is 0 Å². The van der Waals surface area contributed by atoms with Crippen LogP contribution in [0, 0.1) is 5.92 Å². The third-order valence-corrected chi connectivity index (χ3v) is 5.66. The van der Waals surface area contributed by atoms with Gasteiger partial charge in [-0.2, -0.15) is 0 Å². The molecule has 130 valence electrons. The van der Waals surface area contributed by atoms with Crippen LogP contribution in [0.2, 0.25) is 0 Å². The van der Waals surface area contributed by atoms with Gasteiger partial charge < -0.3 is 4.90 Å². The van der Waals surface area contributed by atoms with Gasteiger partial charge in [-0.05, 0) is 29.8 Å². The number of anilines is 1. The Labute approximate surface area is 144 Å². The maximum absolute atomic E-state index is 11.5. The minimum absolute atomic E-state index is 0.250. The summed E-state index contributed by atoms with van der Waals surface area (Å²) in [7, 11) is 1.11. The van der Waals surface area contributed by atoms with Crippen LogP contribution >= 0.6 is 0 Å². The van der Waals surface area contributed by atoms with Crippen molar-refractivity contribution < 1.29 is 8.42 Å². The predicted molar refractivity (Wildman–Crippen MR) is 99.2 cm³/mol. The highest BCUT2D eigenvalue weighted by molar-refractivity contribution is 7.90. The first-order valence-corrected chi connectivity index (χ1v) is 10.3. The van der Waals surface area contributed by atoms with Crippen molar-refractivity contribution in [2.75, 3.05) is 44.1 Å². The van der Waals surface area contributed by atoms with Gasteiger partial charge in [-0.25, -0.2) is 13.4 Å². The fraction of sp³-hybridized carbons (Fsp3) is 0.500. The molecule has 2 heterocycles. The van der Waals surface area contributed by atoms with Gasteiger partial charge in [0.2, 0.25) is 0 Å². The van der Waals surface area contributed by atoms with Gasteiger partial charge in [-0.15, -0.1) is 0 Å². The topological polar surface area (TPSA) is 53.5 Å². The summed E-state index contributed by atoms with van der Waals surface area (Å²) in [4.78, 5) is 9.00. The number of sulfone groups is 1. The summed E-state index contributed by atoms with van der Waals surface area (Å²) in [6.07, 6.45) is 4.24. The summed E-state index contributed by atoms with van der Waals surface area (Å²) in [5.41, 5.74) is 1.20. The third kappa shape index (κ3) is 3.87. The van der Waals surface area contributed by atoms with Crippen LogP contribution in [0.4, 0.5) is 5.82 Å². The first-order valence-electron chi connectivity index (χ1n) is 8.27. The van der Waals surface area contributed by atoms with Gasteiger partial charge in [0.15, 0.2) is 0 Å². The summed E-state index contributed by atoms with van der Waals surface area (Å²) in [6.45, 7) is 2.61. The molecular weight excluding hydrogens is 322 g/mol. The first kappa shape index (κ1) is 17.2. The molecule has 0 spiro atoms. The zero-order chi connectivity index (χ0) is 17.3. The lowest BCUT2D eigenvalue weighted by atomic mass is 10.1. The SMILES string of the molecule is CN(C)c1ncc(CN2CCC(CS(C)(=O)=O)C2)c2ccccc12. The molecule has 1 saturated heterocycles. The van der Waals surface area contributed by atoms with E-state index < -0.39 is 9.84 Å². The summed E-state index contributed by atoms with van der Waals surface area (Å²) in [5.74, 6) is 1.52. The second-order valence-electron chi connectivity index (χ2n) is 7.03. The second kappa shape index (κ2) is 6.69. The number of fused-ring (bicyclic) bond motifs is 1. The van der Waals surface area contributed by atoms with E-state index >= 15 is 0 Å². The van der Waals surface area contributed by atoms with Crippen molar-refractivity contribution in [2.45, 2.75) is 13.0 Å². The highest BCUT2D eigenvalue weighted by Crippen LogP contribution is 2.28. The molecule has 0 radical (unpaired) electrons. The molecule has 0 N–H and O–H groups in total. The zero-order valence-corrected chi connectivity index (χ0v) is 15.4. The molecule has 1 aliphatic heterocycles. The Hall–Kier alpha value is -1.66. The smallest absolute Gasteiger partial charge is 0.147 e. The van der Waals surface area contributed by atoms with E-state index in [4.69, 9.17) is 0 Å². The van der Waals surface area contributed by atoms with Gasteiger partial charge in [0.1, 0.15) is 15.7 Å². The maximum Gasteiger partial charge on any atom is 0.147 e. The summed E-state index contributed by atoms with van der Waals surface area (Å²) in [5, 5.41) is 2.38.